The van der Waals surface area contributed by atoms with Crippen molar-refractivity contribution in [2.75, 3.05) is 19.6 Å². The smallest absolute Gasteiger partial charge is 0.251 e. The van der Waals surface area contributed by atoms with Gasteiger partial charge in [0.05, 0.1) is 0 Å². The minimum atomic E-state index is -3.92. The second-order valence-electron chi connectivity index (χ2n) is 4.09. The van der Waals surface area contributed by atoms with E-state index >= 15 is 0 Å². The SMILES string of the molecule is CCNC(=O)c1ccc(F)c(S(=O)(=O)N(CC)CC)c1. The Kier molecular flexibility index (Phi) is 5.64. The van der Waals surface area contributed by atoms with E-state index in [9.17, 15) is 17.6 Å². The Balaban J connectivity index is 3.31. The molecule has 0 aliphatic rings. The molecule has 5 nitrogen and oxygen atoms in total. The number of carbonyl (C=O) groups excluding carboxylic acids is 1. The zero-order valence-electron chi connectivity index (χ0n) is 11.8. The van der Waals surface area contributed by atoms with Gasteiger partial charge in [0.15, 0.2) is 0 Å². The van der Waals surface area contributed by atoms with Crippen LogP contribution in [-0.2, 0) is 10.0 Å². The van der Waals surface area contributed by atoms with Crippen molar-refractivity contribution < 1.29 is 17.6 Å². The van der Waals surface area contributed by atoms with Gasteiger partial charge in [-0.25, -0.2) is 12.8 Å². The van der Waals surface area contributed by atoms with Crippen LogP contribution < -0.4 is 5.32 Å². The fourth-order valence-electron chi connectivity index (χ4n) is 1.81. The highest BCUT2D eigenvalue weighted by Crippen LogP contribution is 2.20. The predicted molar refractivity (Wildman–Crippen MR) is 74.5 cm³/mol. The Morgan fingerprint density at radius 2 is 1.85 bits per heavy atom. The number of rotatable bonds is 6. The number of halogens is 1. The molecule has 0 bridgehead atoms. The van der Waals surface area contributed by atoms with Crippen LogP contribution in [0.3, 0.4) is 0 Å². The third-order valence-corrected chi connectivity index (χ3v) is 4.92. The van der Waals surface area contributed by atoms with Gasteiger partial charge in [0.1, 0.15) is 10.7 Å². The van der Waals surface area contributed by atoms with Crippen LogP contribution in [-0.4, -0.2) is 38.3 Å². The van der Waals surface area contributed by atoms with Crippen molar-refractivity contribution in [1.29, 1.82) is 0 Å². The fourth-order valence-corrected chi connectivity index (χ4v) is 3.36. The van der Waals surface area contributed by atoms with Crippen molar-refractivity contribution >= 4 is 15.9 Å². The summed E-state index contributed by atoms with van der Waals surface area (Å²) in [4.78, 5) is 11.2. The molecule has 0 atom stereocenters. The molecule has 0 heterocycles. The van der Waals surface area contributed by atoms with E-state index < -0.39 is 26.6 Å². The first-order valence-electron chi connectivity index (χ1n) is 6.46. The molecule has 0 saturated carbocycles. The molecule has 0 fully saturated rings. The molecular weight excluding hydrogens is 283 g/mol. The van der Waals surface area contributed by atoms with Crippen LogP contribution in [0.1, 0.15) is 31.1 Å². The number of benzene rings is 1. The third-order valence-electron chi connectivity index (χ3n) is 2.85. The van der Waals surface area contributed by atoms with Crippen molar-refractivity contribution in [3.63, 3.8) is 0 Å². The monoisotopic (exact) mass is 302 g/mol. The lowest BCUT2D eigenvalue weighted by Crippen LogP contribution is -2.31. The molecule has 1 aromatic rings. The molecule has 0 spiro atoms. The predicted octanol–water partition coefficient (Wildman–Crippen LogP) is 1.61. The van der Waals surface area contributed by atoms with E-state index in [0.29, 0.717) is 6.54 Å². The number of nitrogens with zero attached hydrogens (tertiary/aromatic N) is 1. The van der Waals surface area contributed by atoms with Gasteiger partial charge in [0.2, 0.25) is 10.0 Å². The van der Waals surface area contributed by atoms with Crippen LogP contribution in [0.25, 0.3) is 0 Å². The van der Waals surface area contributed by atoms with Gasteiger partial charge in [-0.15, -0.1) is 0 Å². The standard InChI is InChI=1S/C13H19FN2O3S/c1-4-15-13(17)10-7-8-11(14)12(9-10)20(18,19)16(5-2)6-3/h7-9H,4-6H2,1-3H3,(H,15,17). The average Bonchev–Trinajstić information content (AvgIpc) is 2.40. The summed E-state index contributed by atoms with van der Waals surface area (Å²) in [5.41, 5.74) is 0.124. The van der Waals surface area contributed by atoms with Gasteiger partial charge in [-0.2, -0.15) is 4.31 Å². The molecule has 0 radical (unpaired) electrons. The molecule has 0 saturated heterocycles. The van der Waals surface area contributed by atoms with Crippen LogP contribution in [0.2, 0.25) is 0 Å². The topological polar surface area (TPSA) is 66.5 Å². The highest BCUT2D eigenvalue weighted by molar-refractivity contribution is 7.89. The number of hydrogen-bond acceptors (Lipinski definition) is 3. The summed E-state index contributed by atoms with van der Waals surface area (Å²) in [6.07, 6.45) is 0. The number of sulfonamides is 1. The Morgan fingerprint density at radius 1 is 1.25 bits per heavy atom. The Hall–Kier alpha value is -1.47. The van der Waals surface area contributed by atoms with Gasteiger partial charge >= 0.3 is 0 Å². The second-order valence-corrected chi connectivity index (χ2v) is 6.00. The maximum Gasteiger partial charge on any atom is 0.251 e. The molecule has 0 aliphatic carbocycles. The Labute approximate surface area is 118 Å². The first kappa shape index (κ1) is 16.6. The quantitative estimate of drug-likeness (QED) is 0.868. The number of nitrogens with one attached hydrogen (secondary N) is 1. The molecule has 1 rings (SSSR count). The Morgan fingerprint density at radius 3 is 2.35 bits per heavy atom. The van der Waals surface area contributed by atoms with Crippen molar-refractivity contribution in [2.24, 2.45) is 0 Å². The van der Waals surface area contributed by atoms with E-state index in [1.165, 1.54) is 6.07 Å². The normalized spacial score (nSPS) is 11.7. The van der Waals surface area contributed by atoms with Crippen molar-refractivity contribution in [1.82, 2.24) is 9.62 Å². The summed E-state index contributed by atoms with van der Waals surface area (Å²) in [7, 11) is -3.92. The van der Waals surface area contributed by atoms with Gasteiger partial charge in [0.25, 0.3) is 5.91 Å². The summed E-state index contributed by atoms with van der Waals surface area (Å²) >= 11 is 0. The summed E-state index contributed by atoms with van der Waals surface area (Å²) in [5.74, 6) is -1.28. The van der Waals surface area contributed by atoms with Crippen LogP contribution in [0.5, 0.6) is 0 Å². The first-order valence-corrected chi connectivity index (χ1v) is 7.90. The molecule has 1 N–H and O–H groups in total. The van der Waals surface area contributed by atoms with E-state index in [2.05, 4.69) is 5.32 Å². The Bertz CT molecular complexity index is 583. The van der Waals surface area contributed by atoms with Gasteiger partial charge < -0.3 is 5.32 Å². The second kappa shape index (κ2) is 6.81. The number of hydrogen-bond donors (Lipinski definition) is 1. The first-order chi connectivity index (χ1) is 9.38. The number of amides is 1. The molecule has 0 aliphatic heterocycles. The van der Waals surface area contributed by atoms with Crippen LogP contribution in [0.4, 0.5) is 4.39 Å². The van der Waals surface area contributed by atoms with Gasteiger partial charge in [0, 0.05) is 25.2 Å². The summed E-state index contributed by atoms with van der Waals surface area (Å²) < 4.78 is 39.6. The molecule has 0 aromatic heterocycles. The third kappa shape index (κ3) is 3.34. The number of carbonyl (C=O) groups is 1. The molecular formula is C13H19FN2O3S. The van der Waals surface area contributed by atoms with E-state index in [0.717, 1.165) is 16.4 Å². The van der Waals surface area contributed by atoms with E-state index in [1.54, 1.807) is 20.8 Å². The maximum atomic E-state index is 13.8. The van der Waals surface area contributed by atoms with E-state index in [4.69, 9.17) is 0 Å². The van der Waals surface area contributed by atoms with Crippen molar-refractivity contribution in [2.45, 2.75) is 25.7 Å². The van der Waals surface area contributed by atoms with E-state index in [1.807, 2.05) is 0 Å². The summed E-state index contributed by atoms with van der Waals surface area (Å²) in [6, 6.07) is 3.34. The molecule has 1 aromatic carbocycles. The lowest BCUT2D eigenvalue weighted by atomic mass is 10.2. The molecule has 7 heteroatoms. The minimum Gasteiger partial charge on any atom is -0.352 e. The molecule has 0 unspecified atom stereocenters. The van der Waals surface area contributed by atoms with Gasteiger partial charge in [-0.05, 0) is 25.1 Å². The van der Waals surface area contributed by atoms with Crippen molar-refractivity contribution in [3.8, 4) is 0 Å². The highest BCUT2D eigenvalue weighted by Gasteiger charge is 2.26. The van der Waals surface area contributed by atoms with Crippen LogP contribution in [0, 0.1) is 5.82 Å². The van der Waals surface area contributed by atoms with Gasteiger partial charge in [-0.1, -0.05) is 13.8 Å². The molecule has 112 valence electrons. The zero-order valence-corrected chi connectivity index (χ0v) is 12.6. The van der Waals surface area contributed by atoms with Crippen LogP contribution >= 0.6 is 0 Å². The van der Waals surface area contributed by atoms with E-state index in [-0.39, 0.29) is 18.7 Å². The highest BCUT2D eigenvalue weighted by atomic mass is 32.2. The minimum absolute atomic E-state index is 0.124. The largest absolute Gasteiger partial charge is 0.352 e. The lowest BCUT2D eigenvalue weighted by molar-refractivity contribution is 0.0955. The molecule has 20 heavy (non-hydrogen) atoms. The average molecular weight is 302 g/mol. The maximum absolute atomic E-state index is 13.8. The summed E-state index contributed by atoms with van der Waals surface area (Å²) in [6.45, 7) is 5.98. The lowest BCUT2D eigenvalue weighted by Gasteiger charge is -2.19. The fraction of sp³-hybridized carbons (Fsp3) is 0.462. The summed E-state index contributed by atoms with van der Waals surface area (Å²) in [5, 5.41) is 2.55. The van der Waals surface area contributed by atoms with Gasteiger partial charge in [-0.3, -0.25) is 4.79 Å². The van der Waals surface area contributed by atoms with Crippen LogP contribution in [0.15, 0.2) is 23.1 Å². The zero-order chi connectivity index (χ0) is 15.3. The van der Waals surface area contributed by atoms with Crippen molar-refractivity contribution in [3.05, 3.63) is 29.6 Å². The molecule has 1 amide bonds.